The predicted molar refractivity (Wildman–Crippen MR) is 113 cm³/mol. The summed E-state index contributed by atoms with van der Waals surface area (Å²) in [6, 6.07) is 14.7. The summed E-state index contributed by atoms with van der Waals surface area (Å²) in [7, 11) is 0. The molecule has 3 aromatic rings. The number of hydrogen-bond donors (Lipinski definition) is 2. The second-order valence-corrected chi connectivity index (χ2v) is 8.46. The lowest BCUT2D eigenvalue weighted by molar-refractivity contribution is -0.118. The van der Waals surface area contributed by atoms with Crippen molar-refractivity contribution in [3.05, 3.63) is 70.2 Å². The molecular weight excluding hydrogens is 416 g/mol. The first kappa shape index (κ1) is 20.3. The topological polar surface area (TPSA) is 84.0 Å². The molecule has 0 bridgehead atoms. The van der Waals surface area contributed by atoms with E-state index in [1.807, 2.05) is 37.3 Å². The first-order valence-electron chi connectivity index (χ1n) is 8.35. The van der Waals surface area contributed by atoms with Crippen molar-refractivity contribution >= 4 is 51.6 Å². The van der Waals surface area contributed by atoms with Gasteiger partial charge >= 0.3 is 0 Å². The standard InChI is InChI=1S/C19H17ClN4O2S2/c1-12-5-4-7-13(9-12)17(26)22-18-23-24-19(28-18)27-11-16(25)21-10-14-6-2-3-8-15(14)20/h2-9H,10-11H2,1H3,(H,21,25)(H,22,23,26). The Morgan fingerprint density at radius 2 is 1.96 bits per heavy atom. The average molecular weight is 433 g/mol. The Labute approximate surface area is 175 Å². The Kier molecular flexibility index (Phi) is 7.02. The summed E-state index contributed by atoms with van der Waals surface area (Å²) in [6.07, 6.45) is 0. The third-order valence-corrected chi connectivity index (χ3v) is 6.01. The Bertz CT molecular complexity index is 993. The van der Waals surface area contributed by atoms with Crippen LogP contribution in [-0.4, -0.2) is 27.8 Å². The molecule has 6 nitrogen and oxygen atoms in total. The molecule has 0 unspecified atom stereocenters. The van der Waals surface area contributed by atoms with E-state index in [1.54, 1.807) is 18.2 Å². The molecule has 0 radical (unpaired) electrons. The zero-order chi connectivity index (χ0) is 19.9. The monoisotopic (exact) mass is 432 g/mol. The molecule has 28 heavy (non-hydrogen) atoms. The predicted octanol–water partition coefficient (Wildman–Crippen LogP) is 4.16. The van der Waals surface area contributed by atoms with Gasteiger partial charge in [-0.1, -0.05) is 70.6 Å². The largest absolute Gasteiger partial charge is 0.351 e. The average Bonchev–Trinajstić information content (AvgIpc) is 3.13. The van der Waals surface area contributed by atoms with Crippen LogP contribution >= 0.6 is 34.7 Å². The van der Waals surface area contributed by atoms with E-state index in [0.717, 1.165) is 11.1 Å². The highest BCUT2D eigenvalue weighted by Gasteiger charge is 2.12. The van der Waals surface area contributed by atoms with Crippen molar-refractivity contribution in [2.75, 3.05) is 11.1 Å². The van der Waals surface area contributed by atoms with Gasteiger partial charge in [-0.2, -0.15) is 0 Å². The lowest BCUT2D eigenvalue weighted by atomic mass is 10.1. The fourth-order valence-corrected chi connectivity index (χ4v) is 4.07. The van der Waals surface area contributed by atoms with Crippen molar-refractivity contribution in [1.29, 1.82) is 0 Å². The van der Waals surface area contributed by atoms with Crippen molar-refractivity contribution in [3.8, 4) is 0 Å². The molecule has 0 saturated heterocycles. The van der Waals surface area contributed by atoms with Crippen LogP contribution in [0.2, 0.25) is 5.02 Å². The molecular formula is C19H17ClN4O2S2. The van der Waals surface area contributed by atoms with Crippen LogP contribution in [0.4, 0.5) is 5.13 Å². The van der Waals surface area contributed by atoms with Crippen LogP contribution in [0.3, 0.4) is 0 Å². The summed E-state index contributed by atoms with van der Waals surface area (Å²) in [5.74, 6) is -0.176. The maximum absolute atomic E-state index is 12.2. The fraction of sp³-hybridized carbons (Fsp3) is 0.158. The van der Waals surface area contributed by atoms with E-state index in [9.17, 15) is 9.59 Å². The number of rotatable bonds is 7. The SMILES string of the molecule is Cc1cccc(C(=O)Nc2nnc(SCC(=O)NCc3ccccc3Cl)s2)c1. The Morgan fingerprint density at radius 3 is 2.75 bits per heavy atom. The van der Waals surface area contributed by atoms with Crippen LogP contribution in [0, 0.1) is 6.92 Å². The molecule has 0 aliphatic rings. The number of aryl methyl sites for hydroxylation is 1. The molecule has 1 aromatic heterocycles. The number of halogens is 1. The summed E-state index contributed by atoms with van der Waals surface area (Å²) >= 11 is 8.56. The van der Waals surface area contributed by atoms with E-state index in [1.165, 1.54) is 23.1 Å². The maximum Gasteiger partial charge on any atom is 0.257 e. The van der Waals surface area contributed by atoms with Gasteiger partial charge in [-0.3, -0.25) is 14.9 Å². The lowest BCUT2D eigenvalue weighted by Gasteiger charge is -2.05. The molecule has 0 fully saturated rings. The van der Waals surface area contributed by atoms with Gasteiger partial charge < -0.3 is 5.32 Å². The number of carbonyl (C=O) groups excluding carboxylic acids is 2. The molecule has 2 N–H and O–H groups in total. The first-order valence-corrected chi connectivity index (χ1v) is 10.5. The van der Waals surface area contributed by atoms with E-state index in [0.29, 0.717) is 26.6 Å². The molecule has 0 saturated carbocycles. The number of nitrogens with zero attached hydrogens (tertiary/aromatic N) is 2. The summed E-state index contributed by atoms with van der Waals surface area (Å²) in [6.45, 7) is 2.29. The van der Waals surface area contributed by atoms with Crippen molar-refractivity contribution < 1.29 is 9.59 Å². The molecule has 0 atom stereocenters. The number of aromatic nitrogens is 2. The number of anilines is 1. The second-order valence-electron chi connectivity index (χ2n) is 5.85. The molecule has 1 heterocycles. The number of amides is 2. The molecule has 2 aromatic carbocycles. The minimum absolute atomic E-state index is 0.134. The Morgan fingerprint density at radius 1 is 1.14 bits per heavy atom. The van der Waals surface area contributed by atoms with Crippen molar-refractivity contribution in [2.45, 2.75) is 17.8 Å². The fourth-order valence-electron chi connectivity index (χ4n) is 2.29. The van der Waals surface area contributed by atoms with E-state index in [-0.39, 0.29) is 17.6 Å². The zero-order valence-electron chi connectivity index (χ0n) is 14.9. The highest BCUT2D eigenvalue weighted by molar-refractivity contribution is 8.01. The minimum Gasteiger partial charge on any atom is -0.351 e. The Hall–Kier alpha value is -2.42. The van der Waals surface area contributed by atoms with E-state index in [2.05, 4.69) is 20.8 Å². The van der Waals surface area contributed by atoms with Crippen LogP contribution in [-0.2, 0) is 11.3 Å². The third-order valence-electron chi connectivity index (χ3n) is 3.67. The Balaban J connectivity index is 1.47. The number of thioether (sulfide) groups is 1. The molecule has 0 aliphatic carbocycles. The van der Waals surface area contributed by atoms with Crippen molar-refractivity contribution in [2.24, 2.45) is 0 Å². The number of benzene rings is 2. The smallest absolute Gasteiger partial charge is 0.257 e. The highest BCUT2D eigenvalue weighted by Crippen LogP contribution is 2.25. The van der Waals surface area contributed by atoms with Crippen molar-refractivity contribution in [1.82, 2.24) is 15.5 Å². The number of hydrogen-bond acceptors (Lipinski definition) is 6. The maximum atomic E-state index is 12.2. The lowest BCUT2D eigenvalue weighted by Crippen LogP contribution is -2.24. The highest BCUT2D eigenvalue weighted by atomic mass is 35.5. The first-order chi connectivity index (χ1) is 13.5. The molecule has 0 spiro atoms. The van der Waals surface area contributed by atoms with Gasteiger partial charge in [0.25, 0.3) is 5.91 Å². The van der Waals surface area contributed by atoms with Gasteiger partial charge in [0, 0.05) is 17.1 Å². The molecule has 144 valence electrons. The molecule has 2 amide bonds. The van der Waals surface area contributed by atoms with Crippen LogP contribution in [0.1, 0.15) is 21.5 Å². The summed E-state index contributed by atoms with van der Waals surface area (Å²) in [4.78, 5) is 24.2. The van der Waals surface area contributed by atoms with Crippen LogP contribution in [0.15, 0.2) is 52.9 Å². The van der Waals surface area contributed by atoms with E-state index < -0.39 is 0 Å². The summed E-state index contributed by atoms with van der Waals surface area (Å²) in [5, 5.41) is 14.5. The zero-order valence-corrected chi connectivity index (χ0v) is 17.3. The number of nitrogens with one attached hydrogen (secondary N) is 2. The van der Waals surface area contributed by atoms with Gasteiger partial charge in [0.15, 0.2) is 4.34 Å². The second kappa shape index (κ2) is 9.68. The molecule has 0 aliphatic heterocycles. The summed E-state index contributed by atoms with van der Waals surface area (Å²) < 4.78 is 0.604. The van der Waals surface area contributed by atoms with Crippen molar-refractivity contribution in [3.63, 3.8) is 0 Å². The van der Waals surface area contributed by atoms with Gasteiger partial charge in [0.1, 0.15) is 0 Å². The minimum atomic E-state index is -0.242. The van der Waals surface area contributed by atoms with Crippen LogP contribution in [0.5, 0.6) is 0 Å². The normalized spacial score (nSPS) is 10.5. The van der Waals surface area contributed by atoms with Gasteiger partial charge in [-0.25, -0.2) is 0 Å². The van der Waals surface area contributed by atoms with Crippen LogP contribution < -0.4 is 10.6 Å². The van der Waals surface area contributed by atoms with Crippen LogP contribution in [0.25, 0.3) is 0 Å². The third kappa shape index (κ3) is 5.79. The molecule has 3 rings (SSSR count). The summed E-state index contributed by atoms with van der Waals surface area (Å²) in [5.41, 5.74) is 2.42. The van der Waals surface area contributed by atoms with E-state index >= 15 is 0 Å². The van der Waals surface area contributed by atoms with E-state index in [4.69, 9.17) is 11.6 Å². The van der Waals surface area contributed by atoms with Gasteiger partial charge in [-0.05, 0) is 30.7 Å². The van der Waals surface area contributed by atoms with Gasteiger partial charge in [0.05, 0.1) is 5.75 Å². The van der Waals surface area contributed by atoms with Gasteiger partial charge in [-0.15, -0.1) is 10.2 Å². The quantitative estimate of drug-likeness (QED) is 0.432. The number of carbonyl (C=O) groups is 2. The molecule has 9 heteroatoms. The van der Waals surface area contributed by atoms with Gasteiger partial charge in [0.2, 0.25) is 11.0 Å².